The Bertz CT molecular complexity index is 863. The smallest absolute Gasteiger partial charge is 0.165 e. The zero-order chi connectivity index (χ0) is 13.1. The lowest BCUT2D eigenvalue weighted by atomic mass is 10.0. The summed E-state index contributed by atoms with van der Waals surface area (Å²) in [5, 5.41) is 9.75. The molecule has 2 heterocycles. The molecular formula is C14H12N4O. The highest BCUT2D eigenvalue weighted by Crippen LogP contribution is 2.34. The van der Waals surface area contributed by atoms with Gasteiger partial charge in [0.05, 0.1) is 5.52 Å². The van der Waals surface area contributed by atoms with E-state index in [1.165, 1.54) is 0 Å². The lowest BCUT2D eigenvalue weighted by Gasteiger charge is -2.07. The number of pyridine rings is 1. The molecule has 1 aliphatic rings. The summed E-state index contributed by atoms with van der Waals surface area (Å²) in [6, 6.07) is 3.89. The van der Waals surface area contributed by atoms with Crippen molar-refractivity contribution in [2.75, 3.05) is 0 Å². The van der Waals surface area contributed by atoms with Crippen molar-refractivity contribution < 1.29 is 4.79 Å². The van der Waals surface area contributed by atoms with Gasteiger partial charge in [0.25, 0.3) is 0 Å². The first kappa shape index (κ1) is 10.6. The maximum Gasteiger partial charge on any atom is 0.165 e. The predicted molar refractivity (Wildman–Crippen MR) is 71.2 cm³/mol. The van der Waals surface area contributed by atoms with E-state index in [1.807, 2.05) is 19.1 Å². The largest absolute Gasteiger partial charge is 0.294 e. The second-order valence-corrected chi connectivity index (χ2v) is 4.99. The maximum atomic E-state index is 12.0. The molecule has 0 atom stereocenters. The van der Waals surface area contributed by atoms with Gasteiger partial charge < -0.3 is 0 Å². The fourth-order valence-corrected chi connectivity index (χ4v) is 3.03. The number of aryl methyl sites for hydroxylation is 3. The molecule has 0 saturated heterocycles. The van der Waals surface area contributed by atoms with Gasteiger partial charge in [0.2, 0.25) is 0 Å². The molecule has 0 fully saturated rings. The van der Waals surface area contributed by atoms with E-state index in [0.717, 1.165) is 45.2 Å². The topological polar surface area (TPSA) is 60.7 Å². The van der Waals surface area contributed by atoms with Crippen molar-refractivity contribution in [3.63, 3.8) is 0 Å². The number of hydrogen-bond donors (Lipinski definition) is 0. The van der Waals surface area contributed by atoms with Gasteiger partial charge in [0.15, 0.2) is 5.78 Å². The monoisotopic (exact) mass is 252 g/mol. The minimum atomic E-state index is 0.197. The third-order valence-electron chi connectivity index (χ3n) is 3.77. The van der Waals surface area contributed by atoms with Gasteiger partial charge in [-0.2, -0.15) is 15.0 Å². The first-order valence-electron chi connectivity index (χ1n) is 6.31. The van der Waals surface area contributed by atoms with E-state index in [-0.39, 0.29) is 5.78 Å². The summed E-state index contributed by atoms with van der Waals surface area (Å²) in [5.41, 5.74) is 5.32. The molecule has 0 amide bonds. The molecule has 5 nitrogen and oxygen atoms in total. The van der Waals surface area contributed by atoms with Crippen molar-refractivity contribution in [1.29, 1.82) is 0 Å². The Morgan fingerprint density at radius 3 is 2.79 bits per heavy atom. The number of hydrogen-bond acceptors (Lipinski definition) is 4. The summed E-state index contributed by atoms with van der Waals surface area (Å²) in [6.07, 6.45) is 1.36. The predicted octanol–water partition coefficient (Wildman–Crippen LogP) is 1.95. The normalized spacial score (nSPS) is 14.5. The molecule has 0 radical (unpaired) electrons. The fourth-order valence-electron chi connectivity index (χ4n) is 3.03. The van der Waals surface area contributed by atoms with Crippen LogP contribution in [0.2, 0.25) is 0 Å². The molecule has 2 aromatic heterocycles. The molecule has 0 N–H and O–H groups in total. The minimum absolute atomic E-state index is 0.197. The Labute approximate surface area is 109 Å². The molecule has 0 aliphatic heterocycles. The fraction of sp³-hybridized carbons (Fsp3) is 0.286. The van der Waals surface area contributed by atoms with Gasteiger partial charge in [-0.1, -0.05) is 0 Å². The van der Waals surface area contributed by atoms with Crippen molar-refractivity contribution in [3.05, 3.63) is 29.0 Å². The van der Waals surface area contributed by atoms with Crippen LogP contribution < -0.4 is 0 Å². The van der Waals surface area contributed by atoms with E-state index in [4.69, 9.17) is 0 Å². The Morgan fingerprint density at radius 2 is 1.95 bits per heavy atom. The zero-order valence-electron chi connectivity index (χ0n) is 10.8. The van der Waals surface area contributed by atoms with Gasteiger partial charge in [0.1, 0.15) is 11.0 Å². The summed E-state index contributed by atoms with van der Waals surface area (Å²) < 4.78 is 0. The second-order valence-electron chi connectivity index (χ2n) is 4.99. The molecule has 4 rings (SSSR count). The standard InChI is InChI=1S/C14H12N4O/c1-7-12-8(3-6-11(12)19)13-9(15-7)4-5-10-14(13)17-18(2)16-10/h4-5H,3,6H2,1-2H3. The van der Waals surface area contributed by atoms with Crippen LogP contribution in [0, 0.1) is 6.92 Å². The lowest BCUT2D eigenvalue weighted by molar-refractivity contribution is 0.0994. The van der Waals surface area contributed by atoms with Gasteiger partial charge in [-0.25, -0.2) is 0 Å². The van der Waals surface area contributed by atoms with E-state index < -0.39 is 0 Å². The van der Waals surface area contributed by atoms with Crippen LogP contribution in [-0.4, -0.2) is 25.8 Å². The van der Waals surface area contributed by atoms with Crippen LogP contribution in [0.25, 0.3) is 21.9 Å². The Hall–Kier alpha value is -2.30. The number of Topliss-reactive ketones (excluding diaryl/α,β-unsaturated/α-hetero) is 1. The van der Waals surface area contributed by atoms with Crippen molar-refractivity contribution in [1.82, 2.24) is 20.0 Å². The quantitative estimate of drug-likeness (QED) is 0.613. The van der Waals surface area contributed by atoms with Crippen LogP contribution in [-0.2, 0) is 13.5 Å². The van der Waals surface area contributed by atoms with Crippen molar-refractivity contribution in [2.45, 2.75) is 19.8 Å². The lowest BCUT2D eigenvalue weighted by Crippen LogP contribution is -1.99. The van der Waals surface area contributed by atoms with Gasteiger partial charge in [0, 0.05) is 30.1 Å². The molecule has 94 valence electrons. The summed E-state index contributed by atoms with van der Waals surface area (Å²) in [7, 11) is 1.80. The van der Waals surface area contributed by atoms with E-state index in [2.05, 4.69) is 15.2 Å². The van der Waals surface area contributed by atoms with Gasteiger partial charge in [-0.3, -0.25) is 9.78 Å². The van der Waals surface area contributed by atoms with Crippen LogP contribution in [0.15, 0.2) is 12.1 Å². The molecule has 0 unspecified atom stereocenters. The average molecular weight is 252 g/mol. The zero-order valence-corrected chi connectivity index (χ0v) is 10.8. The third-order valence-corrected chi connectivity index (χ3v) is 3.77. The summed E-state index contributed by atoms with van der Waals surface area (Å²) in [5.74, 6) is 0.197. The third kappa shape index (κ3) is 1.30. The summed E-state index contributed by atoms with van der Waals surface area (Å²) >= 11 is 0. The number of benzene rings is 1. The van der Waals surface area contributed by atoms with Crippen LogP contribution in [0.3, 0.4) is 0 Å². The highest BCUT2D eigenvalue weighted by molar-refractivity contribution is 6.11. The van der Waals surface area contributed by atoms with Crippen molar-refractivity contribution in [2.24, 2.45) is 7.05 Å². The van der Waals surface area contributed by atoms with E-state index in [0.29, 0.717) is 6.42 Å². The molecule has 0 bridgehead atoms. The molecule has 0 spiro atoms. The Balaban J connectivity index is 2.27. The number of ketones is 1. The first-order chi connectivity index (χ1) is 9.15. The SMILES string of the molecule is Cc1nc2ccc3nn(C)nc3c2c2c1C(=O)CC2. The number of carbonyl (C=O) groups is 1. The minimum Gasteiger partial charge on any atom is -0.294 e. The highest BCUT2D eigenvalue weighted by atomic mass is 16.1. The van der Waals surface area contributed by atoms with Crippen LogP contribution in [0.5, 0.6) is 0 Å². The molecule has 1 aliphatic carbocycles. The maximum absolute atomic E-state index is 12.0. The van der Waals surface area contributed by atoms with Crippen molar-refractivity contribution >= 4 is 27.7 Å². The first-order valence-corrected chi connectivity index (χ1v) is 6.31. The van der Waals surface area contributed by atoms with E-state index in [1.54, 1.807) is 11.8 Å². The molecule has 19 heavy (non-hydrogen) atoms. The number of nitrogens with zero attached hydrogens (tertiary/aromatic N) is 4. The molecule has 5 heteroatoms. The van der Waals surface area contributed by atoms with Crippen molar-refractivity contribution in [3.8, 4) is 0 Å². The van der Waals surface area contributed by atoms with Crippen LogP contribution >= 0.6 is 0 Å². The van der Waals surface area contributed by atoms with Gasteiger partial charge in [-0.05, 0) is 31.0 Å². The van der Waals surface area contributed by atoms with E-state index in [9.17, 15) is 4.79 Å². The number of carbonyl (C=O) groups excluding carboxylic acids is 1. The summed E-state index contributed by atoms with van der Waals surface area (Å²) in [4.78, 5) is 18.1. The molecule has 1 aromatic carbocycles. The molecular weight excluding hydrogens is 240 g/mol. The molecule has 3 aromatic rings. The van der Waals surface area contributed by atoms with Crippen LogP contribution in [0.1, 0.15) is 28.0 Å². The number of aromatic nitrogens is 4. The van der Waals surface area contributed by atoms with Gasteiger partial charge in [-0.15, -0.1) is 0 Å². The highest BCUT2D eigenvalue weighted by Gasteiger charge is 2.26. The number of rotatable bonds is 0. The Morgan fingerprint density at radius 1 is 1.16 bits per heavy atom. The molecule has 0 saturated carbocycles. The van der Waals surface area contributed by atoms with Crippen LogP contribution in [0.4, 0.5) is 0 Å². The second kappa shape index (κ2) is 3.38. The summed E-state index contributed by atoms with van der Waals surface area (Å²) in [6.45, 7) is 1.91. The number of fused-ring (bicyclic) bond motifs is 5. The van der Waals surface area contributed by atoms with Gasteiger partial charge >= 0.3 is 0 Å². The van der Waals surface area contributed by atoms with E-state index >= 15 is 0 Å². The average Bonchev–Trinajstić information content (AvgIpc) is 2.92. The Kier molecular flexibility index (Phi) is 1.88.